The third-order valence-electron chi connectivity index (χ3n) is 2.84. The summed E-state index contributed by atoms with van der Waals surface area (Å²) >= 11 is 0. The topological polar surface area (TPSA) is 41.6 Å². The van der Waals surface area contributed by atoms with Gasteiger partial charge in [0, 0.05) is 32.7 Å². The number of carbonyl (C=O) groups excluding carboxylic acids is 1. The highest BCUT2D eigenvalue weighted by Crippen LogP contribution is 2.17. The molecule has 1 unspecified atom stereocenters. The summed E-state index contributed by atoms with van der Waals surface area (Å²) in [4.78, 5) is 12.9. The van der Waals surface area contributed by atoms with Gasteiger partial charge in [-0.05, 0) is 26.3 Å². The smallest absolute Gasteiger partial charge is 0.222 e. The van der Waals surface area contributed by atoms with Crippen molar-refractivity contribution in [3.63, 3.8) is 0 Å². The van der Waals surface area contributed by atoms with E-state index in [-0.39, 0.29) is 11.4 Å². The van der Waals surface area contributed by atoms with Crippen LogP contribution in [-0.2, 0) is 9.53 Å². The minimum atomic E-state index is 0.126. The molecule has 0 aromatic heterocycles. The van der Waals surface area contributed by atoms with Crippen molar-refractivity contribution >= 4 is 5.91 Å². The molecule has 1 amide bonds. The van der Waals surface area contributed by atoms with Gasteiger partial charge < -0.3 is 15.0 Å². The van der Waals surface area contributed by atoms with Gasteiger partial charge >= 0.3 is 0 Å². The van der Waals surface area contributed by atoms with Crippen molar-refractivity contribution in [1.82, 2.24) is 10.2 Å². The number of rotatable bonds is 5. The van der Waals surface area contributed by atoms with Crippen LogP contribution in [-0.4, -0.2) is 50.2 Å². The second-order valence-electron chi connectivity index (χ2n) is 4.68. The van der Waals surface area contributed by atoms with E-state index in [1.165, 1.54) is 0 Å². The van der Waals surface area contributed by atoms with E-state index >= 15 is 0 Å². The molecule has 1 fully saturated rings. The summed E-state index contributed by atoms with van der Waals surface area (Å²) in [6, 6.07) is 0. The molecule has 0 bridgehead atoms. The summed E-state index contributed by atoms with van der Waals surface area (Å²) in [6.45, 7) is 4.70. The molecular weight excluding hydrogens is 192 g/mol. The van der Waals surface area contributed by atoms with Crippen LogP contribution < -0.4 is 5.32 Å². The van der Waals surface area contributed by atoms with Crippen molar-refractivity contribution in [2.24, 2.45) is 0 Å². The normalized spacial score (nSPS) is 25.5. The fourth-order valence-electron chi connectivity index (χ4n) is 1.66. The Labute approximate surface area is 92.0 Å². The van der Waals surface area contributed by atoms with Gasteiger partial charge in [-0.25, -0.2) is 0 Å². The van der Waals surface area contributed by atoms with Gasteiger partial charge in [-0.2, -0.15) is 0 Å². The number of hydrogen-bond acceptors (Lipinski definition) is 3. The van der Waals surface area contributed by atoms with Crippen LogP contribution >= 0.6 is 0 Å². The van der Waals surface area contributed by atoms with Crippen LogP contribution in [0.4, 0.5) is 0 Å². The van der Waals surface area contributed by atoms with E-state index in [4.69, 9.17) is 4.74 Å². The molecule has 1 aliphatic heterocycles. The first-order valence-corrected chi connectivity index (χ1v) is 5.56. The van der Waals surface area contributed by atoms with Crippen LogP contribution in [0, 0.1) is 0 Å². The fourth-order valence-corrected chi connectivity index (χ4v) is 1.66. The lowest BCUT2D eigenvalue weighted by atomic mass is 10.0. The third-order valence-corrected chi connectivity index (χ3v) is 2.84. The fraction of sp³-hybridized carbons (Fsp3) is 0.909. The van der Waals surface area contributed by atoms with Gasteiger partial charge in [0.1, 0.15) is 0 Å². The average molecular weight is 214 g/mol. The second-order valence-corrected chi connectivity index (χ2v) is 4.68. The van der Waals surface area contributed by atoms with Gasteiger partial charge in [-0.1, -0.05) is 0 Å². The summed E-state index contributed by atoms with van der Waals surface area (Å²) in [6.07, 6.45) is 2.58. The molecule has 15 heavy (non-hydrogen) atoms. The molecule has 1 N–H and O–H groups in total. The third kappa shape index (κ3) is 4.18. The van der Waals surface area contributed by atoms with E-state index in [0.717, 1.165) is 32.6 Å². The van der Waals surface area contributed by atoms with Crippen molar-refractivity contribution in [3.8, 4) is 0 Å². The average Bonchev–Trinajstić information content (AvgIpc) is 2.60. The van der Waals surface area contributed by atoms with E-state index < -0.39 is 0 Å². The summed E-state index contributed by atoms with van der Waals surface area (Å²) in [5.74, 6) is 0.199. The molecule has 0 spiro atoms. The first kappa shape index (κ1) is 12.5. The van der Waals surface area contributed by atoms with Gasteiger partial charge in [0.15, 0.2) is 0 Å². The SMILES string of the molecule is CN(C)C(=O)CCCNC1(C)CCOC1. The van der Waals surface area contributed by atoms with Crippen molar-refractivity contribution in [3.05, 3.63) is 0 Å². The maximum absolute atomic E-state index is 11.3. The molecule has 1 rings (SSSR count). The van der Waals surface area contributed by atoms with Crippen LogP contribution in [0.15, 0.2) is 0 Å². The van der Waals surface area contributed by atoms with Crippen molar-refractivity contribution in [2.45, 2.75) is 31.7 Å². The standard InChI is InChI=1S/C11H22N2O2/c1-11(6-8-15-9-11)12-7-4-5-10(14)13(2)3/h12H,4-9H2,1-3H3. The summed E-state index contributed by atoms with van der Waals surface area (Å²) < 4.78 is 5.34. The Morgan fingerprint density at radius 3 is 2.80 bits per heavy atom. The van der Waals surface area contributed by atoms with E-state index in [1.807, 2.05) is 0 Å². The quantitative estimate of drug-likeness (QED) is 0.682. The highest BCUT2D eigenvalue weighted by atomic mass is 16.5. The molecule has 88 valence electrons. The highest BCUT2D eigenvalue weighted by Gasteiger charge is 2.28. The van der Waals surface area contributed by atoms with Crippen molar-refractivity contribution < 1.29 is 9.53 Å². The Bertz CT molecular complexity index is 211. The number of hydrogen-bond donors (Lipinski definition) is 1. The Balaban J connectivity index is 2.08. The zero-order valence-corrected chi connectivity index (χ0v) is 10.0. The molecule has 1 aliphatic rings. The first-order valence-electron chi connectivity index (χ1n) is 5.56. The summed E-state index contributed by atoms with van der Waals surface area (Å²) in [7, 11) is 3.59. The first-order chi connectivity index (χ1) is 7.03. The molecule has 0 saturated carbocycles. The summed E-state index contributed by atoms with van der Waals surface area (Å²) in [5.41, 5.74) is 0.126. The van der Waals surface area contributed by atoms with Gasteiger partial charge in [0.05, 0.1) is 6.61 Å². The lowest BCUT2D eigenvalue weighted by molar-refractivity contribution is -0.128. The van der Waals surface area contributed by atoms with Gasteiger partial charge in [-0.3, -0.25) is 4.79 Å². The predicted octanol–water partition coefficient (Wildman–Crippen LogP) is 0.623. The lowest BCUT2D eigenvalue weighted by Crippen LogP contribution is -2.43. The summed E-state index contributed by atoms with van der Waals surface area (Å²) in [5, 5.41) is 3.46. The molecule has 4 heteroatoms. The van der Waals surface area contributed by atoms with Crippen LogP contribution in [0.25, 0.3) is 0 Å². The van der Waals surface area contributed by atoms with Crippen molar-refractivity contribution in [1.29, 1.82) is 0 Å². The molecule has 4 nitrogen and oxygen atoms in total. The van der Waals surface area contributed by atoms with E-state index in [0.29, 0.717) is 6.42 Å². The van der Waals surface area contributed by atoms with Gasteiger partial charge in [0.25, 0.3) is 0 Å². The molecule has 1 heterocycles. The Morgan fingerprint density at radius 1 is 1.53 bits per heavy atom. The number of nitrogens with one attached hydrogen (secondary N) is 1. The maximum Gasteiger partial charge on any atom is 0.222 e. The second kappa shape index (κ2) is 5.47. The Morgan fingerprint density at radius 2 is 2.27 bits per heavy atom. The van der Waals surface area contributed by atoms with Crippen LogP contribution in [0.3, 0.4) is 0 Å². The molecule has 0 aliphatic carbocycles. The number of nitrogens with zero attached hydrogens (tertiary/aromatic N) is 1. The molecular formula is C11H22N2O2. The number of carbonyl (C=O) groups is 1. The Kier molecular flexibility index (Phi) is 4.54. The molecule has 0 aromatic rings. The van der Waals surface area contributed by atoms with E-state index in [2.05, 4.69) is 12.2 Å². The monoisotopic (exact) mass is 214 g/mol. The van der Waals surface area contributed by atoms with Gasteiger partial charge in [0.2, 0.25) is 5.91 Å². The zero-order chi connectivity index (χ0) is 11.3. The number of amides is 1. The highest BCUT2D eigenvalue weighted by molar-refractivity contribution is 5.75. The Hall–Kier alpha value is -0.610. The van der Waals surface area contributed by atoms with E-state index in [9.17, 15) is 4.79 Å². The molecule has 1 saturated heterocycles. The van der Waals surface area contributed by atoms with Crippen LogP contribution in [0.1, 0.15) is 26.2 Å². The van der Waals surface area contributed by atoms with Crippen LogP contribution in [0.5, 0.6) is 0 Å². The van der Waals surface area contributed by atoms with Crippen molar-refractivity contribution in [2.75, 3.05) is 33.9 Å². The van der Waals surface area contributed by atoms with E-state index in [1.54, 1.807) is 19.0 Å². The van der Waals surface area contributed by atoms with Crippen LogP contribution in [0.2, 0.25) is 0 Å². The molecule has 1 atom stereocenters. The zero-order valence-electron chi connectivity index (χ0n) is 10.0. The number of ether oxygens (including phenoxy) is 1. The van der Waals surface area contributed by atoms with Gasteiger partial charge in [-0.15, -0.1) is 0 Å². The maximum atomic E-state index is 11.3. The minimum Gasteiger partial charge on any atom is -0.379 e. The minimum absolute atomic E-state index is 0.126. The molecule has 0 aromatic carbocycles. The lowest BCUT2D eigenvalue weighted by Gasteiger charge is -2.23. The predicted molar refractivity (Wildman–Crippen MR) is 59.8 cm³/mol. The largest absolute Gasteiger partial charge is 0.379 e. The molecule has 0 radical (unpaired) electrons.